The first-order valence-electron chi connectivity index (χ1n) is 8.54. The summed E-state index contributed by atoms with van der Waals surface area (Å²) >= 11 is 0. The second-order valence-electron chi connectivity index (χ2n) is 6.80. The molecule has 4 nitrogen and oxygen atoms in total. The van der Waals surface area contributed by atoms with E-state index in [2.05, 4.69) is 28.4 Å². The lowest BCUT2D eigenvalue weighted by atomic mass is 9.98. The number of hydrogen-bond donors (Lipinski definition) is 2. The van der Waals surface area contributed by atoms with Gasteiger partial charge >= 0.3 is 0 Å². The summed E-state index contributed by atoms with van der Waals surface area (Å²) in [6, 6.07) is 8.41. The van der Waals surface area contributed by atoms with E-state index in [-0.39, 0.29) is 5.91 Å². The Labute approximate surface area is 133 Å². The van der Waals surface area contributed by atoms with Gasteiger partial charge in [-0.05, 0) is 49.9 Å². The van der Waals surface area contributed by atoms with E-state index < -0.39 is 5.54 Å². The molecule has 3 N–H and O–H groups in total. The molecular formula is C18H27N3O. The number of carbonyl (C=O) groups excluding carboxylic acids is 1. The van der Waals surface area contributed by atoms with Crippen LogP contribution in [0.4, 0.5) is 0 Å². The second-order valence-corrected chi connectivity index (χ2v) is 6.80. The lowest BCUT2D eigenvalue weighted by Gasteiger charge is -2.23. The third-order valence-corrected chi connectivity index (χ3v) is 5.10. The Bertz CT molecular complexity index is 517. The van der Waals surface area contributed by atoms with Crippen LogP contribution in [0.2, 0.25) is 0 Å². The minimum absolute atomic E-state index is 0.0148. The number of likely N-dealkylation sites (tertiary alicyclic amines) is 1. The zero-order valence-electron chi connectivity index (χ0n) is 13.3. The molecule has 3 rings (SSSR count). The average Bonchev–Trinajstić information content (AvgIpc) is 3.18. The largest absolute Gasteiger partial charge is 0.350 e. The first-order chi connectivity index (χ1) is 10.7. The third kappa shape index (κ3) is 3.50. The van der Waals surface area contributed by atoms with Gasteiger partial charge in [0.1, 0.15) is 0 Å². The van der Waals surface area contributed by atoms with Crippen LogP contribution >= 0.6 is 0 Å². The van der Waals surface area contributed by atoms with E-state index in [1.165, 1.54) is 37.1 Å². The summed E-state index contributed by atoms with van der Waals surface area (Å²) in [5.74, 6) is 0.0148. The van der Waals surface area contributed by atoms with Crippen molar-refractivity contribution in [2.24, 2.45) is 5.73 Å². The number of benzene rings is 1. The molecule has 0 radical (unpaired) electrons. The topological polar surface area (TPSA) is 58.4 Å². The van der Waals surface area contributed by atoms with Crippen LogP contribution in [0.3, 0.4) is 0 Å². The Morgan fingerprint density at radius 2 is 1.73 bits per heavy atom. The molecule has 1 aliphatic heterocycles. The summed E-state index contributed by atoms with van der Waals surface area (Å²) in [4.78, 5) is 14.8. The van der Waals surface area contributed by atoms with Crippen LogP contribution < -0.4 is 11.1 Å². The molecule has 0 spiro atoms. The quantitative estimate of drug-likeness (QED) is 0.876. The number of amides is 1. The molecule has 120 valence electrons. The number of nitrogens with two attached hydrogens (primary N) is 1. The Hall–Kier alpha value is -1.39. The first kappa shape index (κ1) is 15.5. The lowest BCUT2D eigenvalue weighted by molar-refractivity contribution is -0.126. The molecule has 2 aliphatic rings. The Balaban J connectivity index is 1.61. The average molecular weight is 301 g/mol. The summed E-state index contributed by atoms with van der Waals surface area (Å²) in [7, 11) is 0. The molecule has 1 saturated heterocycles. The van der Waals surface area contributed by atoms with Gasteiger partial charge in [0, 0.05) is 13.1 Å². The van der Waals surface area contributed by atoms with Gasteiger partial charge in [-0.15, -0.1) is 0 Å². The van der Waals surface area contributed by atoms with Crippen molar-refractivity contribution in [3.8, 4) is 0 Å². The molecule has 1 aliphatic carbocycles. The third-order valence-electron chi connectivity index (χ3n) is 5.10. The zero-order valence-corrected chi connectivity index (χ0v) is 13.3. The minimum Gasteiger partial charge on any atom is -0.350 e. The molecule has 0 bridgehead atoms. The summed E-state index contributed by atoms with van der Waals surface area (Å²) in [6.07, 6.45) is 6.36. The molecule has 0 aromatic heterocycles. The Morgan fingerprint density at radius 1 is 1.09 bits per heavy atom. The van der Waals surface area contributed by atoms with Crippen molar-refractivity contribution in [1.29, 1.82) is 0 Å². The maximum atomic E-state index is 12.3. The van der Waals surface area contributed by atoms with Crippen LogP contribution in [0, 0.1) is 0 Å². The fraction of sp³-hybridized carbons (Fsp3) is 0.611. The molecule has 22 heavy (non-hydrogen) atoms. The molecule has 1 heterocycles. The molecule has 0 unspecified atom stereocenters. The smallest absolute Gasteiger partial charge is 0.240 e. The van der Waals surface area contributed by atoms with Gasteiger partial charge in [-0.3, -0.25) is 9.69 Å². The highest BCUT2D eigenvalue weighted by Gasteiger charge is 2.36. The second kappa shape index (κ2) is 6.80. The van der Waals surface area contributed by atoms with Crippen molar-refractivity contribution < 1.29 is 4.79 Å². The van der Waals surface area contributed by atoms with Crippen LogP contribution in [0.15, 0.2) is 24.3 Å². The highest BCUT2D eigenvalue weighted by atomic mass is 16.2. The van der Waals surface area contributed by atoms with E-state index in [0.29, 0.717) is 6.54 Å². The number of carbonyl (C=O) groups is 1. The lowest BCUT2D eigenvalue weighted by Crippen LogP contribution is -2.51. The highest BCUT2D eigenvalue weighted by molar-refractivity contribution is 5.86. The van der Waals surface area contributed by atoms with Crippen LogP contribution in [-0.2, 0) is 17.9 Å². The highest BCUT2D eigenvalue weighted by Crippen LogP contribution is 2.27. The van der Waals surface area contributed by atoms with Gasteiger partial charge in [-0.25, -0.2) is 0 Å². The molecule has 1 aromatic carbocycles. The van der Waals surface area contributed by atoms with Crippen molar-refractivity contribution in [3.05, 3.63) is 35.4 Å². The van der Waals surface area contributed by atoms with Gasteiger partial charge in [0.2, 0.25) is 5.91 Å². The molecule has 0 atom stereocenters. The summed E-state index contributed by atoms with van der Waals surface area (Å²) in [5.41, 5.74) is 8.12. The van der Waals surface area contributed by atoms with E-state index in [1.54, 1.807) is 0 Å². The number of hydrogen-bond acceptors (Lipinski definition) is 3. The molecule has 1 amide bonds. The van der Waals surface area contributed by atoms with Gasteiger partial charge in [-0.1, -0.05) is 37.1 Å². The summed E-state index contributed by atoms with van der Waals surface area (Å²) < 4.78 is 0. The van der Waals surface area contributed by atoms with Gasteiger partial charge in [0.05, 0.1) is 5.54 Å². The van der Waals surface area contributed by atoms with Crippen LogP contribution in [-0.4, -0.2) is 29.4 Å². The van der Waals surface area contributed by atoms with E-state index in [0.717, 1.165) is 32.2 Å². The Morgan fingerprint density at radius 3 is 2.41 bits per heavy atom. The molecular weight excluding hydrogens is 274 g/mol. The fourth-order valence-corrected chi connectivity index (χ4v) is 3.65. The standard InChI is InChI=1S/C18H27N3O/c19-18(9-3-4-10-18)17(22)20-13-15-7-1-2-8-16(15)14-21-11-5-6-12-21/h1-2,7-8H,3-6,9-14,19H2,(H,20,22). The van der Waals surface area contributed by atoms with Crippen LogP contribution in [0.1, 0.15) is 49.7 Å². The predicted molar refractivity (Wildman–Crippen MR) is 88.2 cm³/mol. The van der Waals surface area contributed by atoms with E-state index in [4.69, 9.17) is 5.73 Å². The molecule has 1 aromatic rings. The summed E-state index contributed by atoms with van der Waals surface area (Å²) in [5, 5.41) is 3.06. The van der Waals surface area contributed by atoms with Crippen LogP contribution in [0.5, 0.6) is 0 Å². The molecule has 2 fully saturated rings. The van der Waals surface area contributed by atoms with Crippen molar-refractivity contribution in [3.63, 3.8) is 0 Å². The van der Waals surface area contributed by atoms with Crippen LogP contribution in [0.25, 0.3) is 0 Å². The Kier molecular flexibility index (Phi) is 4.79. The van der Waals surface area contributed by atoms with Gasteiger partial charge in [0.15, 0.2) is 0 Å². The monoisotopic (exact) mass is 301 g/mol. The van der Waals surface area contributed by atoms with Gasteiger partial charge in [0.25, 0.3) is 0 Å². The molecule has 4 heteroatoms. The van der Waals surface area contributed by atoms with Crippen molar-refractivity contribution in [2.45, 2.75) is 57.2 Å². The number of nitrogens with one attached hydrogen (secondary N) is 1. The fourth-order valence-electron chi connectivity index (χ4n) is 3.65. The van der Waals surface area contributed by atoms with E-state index in [9.17, 15) is 4.79 Å². The van der Waals surface area contributed by atoms with Gasteiger partial charge < -0.3 is 11.1 Å². The first-order valence-corrected chi connectivity index (χ1v) is 8.54. The predicted octanol–water partition coefficient (Wildman–Crippen LogP) is 2.17. The minimum atomic E-state index is -0.635. The number of rotatable bonds is 5. The van der Waals surface area contributed by atoms with Crippen molar-refractivity contribution >= 4 is 5.91 Å². The maximum absolute atomic E-state index is 12.3. The van der Waals surface area contributed by atoms with Crippen molar-refractivity contribution in [2.75, 3.05) is 13.1 Å². The summed E-state index contributed by atoms with van der Waals surface area (Å²) in [6.45, 7) is 3.95. The zero-order chi connectivity index (χ0) is 15.4. The van der Waals surface area contributed by atoms with E-state index in [1.807, 2.05) is 6.07 Å². The molecule has 1 saturated carbocycles. The van der Waals surface area contributed by atoms with Crippen molar-refractivity contribution in [1.82, 2.24) is 10.2 Å². The normalized spacial score (nSPS) is 21.1. The number of nitrogens with zero attached hydrogens (tertiary/aromatic N) is 1. The SMILES string of the molecule is NC1(C(=O)NCc2ccccc2CN2CCCC2)CCCC1. The van der Waals surface area contributed by atoms with Gasteiger partial charge in [-0.2, -0.15) is 0 Å². The van der Waals surface area contributed by atoms with E-state index >= 15 is 0 Å². The maximum Gasteiger partial charge on any atom is 0.240 e.